The van der Waals surface area contributed by atoms with Crippen LogP contribution < -0.4 is 0 Å². The van der Waals surface area contributed by atoms with Gasteiger partial charge in [0.2, 0.25) is 0 Å². The largest absolute Gasteiger partial charge is 0.478 e. The Labute approximate surface area is 156 Å². The normalized spacial score (nSPS) is 10.9. The smallest absolute Gasteiger partial charge is 0.336 e. The van der Waals surface area contributed by atoms with Gasteiger partial charge >= 0.3 is 5.97 Å². The lowest BCUT2D eigenvalue weighted by atomic mass is 10.0. The second-order valence-corrected chi connectivity index (χ2v) is 5.94. The van der Waals surface area contributed by atoms with Gasteiger partial charge in [-0.05, 0) is 18.2 Å². The third-order valence-corrected chi connectivity index (χ3v) is 4.25. The number of nitrogens with one attached hydrogen (secondary N) is 1. The molecule has 138 valence electrons. The Morgan fingerprint density at radius 2 is 1.93 bits per heavy atom. The van der Waals surface area contributed by atoms with Gasteiger partial charge < -0.3 is 5.11 Å². The summed E-state index contributed by atoms with van der Waals surface area (Å²) in [7, 11) is 0. The van der Waals surface area contributed by atoms with Gasteiger partial charge in [-0.15, -0.1) is 0 Å². The van der Waals surface area contributed by atoms with E-state index in [4.69, 9.17) is 0 Å². The fourth-order valence-electron chi connectivity index (χ4n) is 2.98. The number of nitro groups is 1. The van der Waals surface area contributed by atoms with E-state index in [0.29, 0.717) is 5.56 Å². The lowest BCUT2D eigenvalue weighted by molar-refractivity contribution is -0.384. The van der Waals surface area contributed by atoms with E-state index in [1.807, 2.05) is 0 Å². The number of carboxylic acids is 1. The number of aromatic nitrogens is 3. The Hall–Kier alpha value is -4.14. The summed E-state index contributed by atoms with van der Waals surface area (Å²) in [6.07, 6.45) is 0. The minimum Gasteiger partial charge on any atom is -0.478 e. The molecule has 0 fully saturated rings. The first-order valence-corrected chi connectivity index (χ1v) is 8.08. The van der Waals surface area contributed by atoms with E-state index in [-0.39, 0.29) is 39.2 Å². The van der Waals surface area contributed by atoms with Gasteiger partial charge in [-0.1, -0.05) is 24.3 Å². The monoisotopic (exact) mass is 378 g/mol. The van der Waals surface area contributed by atoms with Crippen molar-refractivity contribution in [3.05, 3.63) is 76.1 Å². The molecule has 2 aromatic heterocycles. The Balaban J connectivity index is 1.97. The number of pyridine rings is 1. The molecule has 0 saturated carbocycles. The van der Waals surface area contributed by atoms with Crippen molar-refractivity contribution in [1.29, 1.82) is 0 Å². The van der Waals surface area contributed by atoms with Gasteiger partial charge in [0.1, 0.15) is 5.82 Å². The molecule has 0 bridgehead atoms. The number of carbonyl (C=O) groups is 1. The van der Waals surface area contributed by atoms with Gasteiger partial charge in [0.25, 0.3) is 5.69 Å². The Morgan fingerprint density at radius 3 is 2.64 bits per heavy atom. The summed E-state index contributed by atoms with van der Waals surface area (Å²) in [5, 5.41) is 27.6. The molecule has 0 aliphatic carbocycles. The van der Waals surface area contributed by atoms with E-state index in [1.165, 1.54) is 42.5 Å². The van der Waals surface area contributed by atoms with Gasteiger partial charge in [0.05, 0.1) is 27.3 Å². The summed E-state index contributed by atoms with van der Waals surface area (Å²) in [5.74, 6) is -1.79. The standard InChI is InChI=1S/C19H11FN4O4/c20-14-7-2-1-6-12(14)15-9-13(19(25)26)16-17(22-23-18(16)21-15)10-4-3-5-11(8-10)24(27)28/h1-9H,(H,25,26)(H,21,22,23). The number of non-ortho nitro benzene ring substituents is 1. The van der Waals surface area contributed by atoms with Crippen molar-refractivity contribution in [2.24, 2.45) is 0 Å². The van der Waals surface area contributed by atoms with Crippen LogP contribution in [-0.4, -0.2) is 31.2 Å². The van der Waals surface area contributed by atoms with Crippen molar-refractivity contribution in [3.63, 3.8) is 0 Å². The average Bonchev–Trinajstić information content (AvgIpc) is 3.11. The maximum Gasteiger partial charge on any atom is 0.336 e. The number of benzene rings is 2. The highest BCUT2D eigenvalue weighted by Crippen LogP contribution is 2.33. The number of aromatic amines is 1. The van der Waals surface area contributed by atoms with E-state index in [0.717, 1.165) is 0 Å². The zero-order valence-corrected chi connectivity index (χ0v) is 14.1. The first-order chi connectivity index (χ1) is 13.5. The fraction of sp³-hybridized carbons (Fsp3) is 0. The number of rotatable bonds is 4. The van der Waals surface area contributed by atoms with Gasteiger partial charge in [-0.3, -0.25) is 15.2 Å². The number of aromatic carboxylic acids is 1. The van der Waals surface area contributed by atoms with E-state index in [9.17, 15) is 24.4 Å². The third kappa shape index (κ3) is 2.84. The zero-order valence-electron chi connectivity index (χ0n) is 14.1. The molecule has 0 atom stereocenters. The Bertz CT molecular complexity index is 1250. The third-order valence-electron chi connectivity index (χ3n) is 4.25. The Morgan fingerprint density at radius 1 is 1.14 bits per heavy atom. The summed E-state index contributed by atoms with van der Waals surface area (Å²) in [5.41, 5.74) is 0.724. The second-order valence-electron chi connectivity index (χ2n) is 5.94. The highest BCUT2D eigenvalue weighted by atomic mass is 19.1. The van der Waals surface area contributed by atoms with Crippen LogP contribution in [0.2, 0.25) is 0 Å². The molecule has 0 spiro atoms. The molecule has 4 aromatic rings. The number of nitrogens with zero attached hydrogens (tertiary/aromatic N) is 3. The van der Waals surface area contributed by atoms with E-state index < -0.39 is 16.7 Å². The molecule has 0 unspecified atom stereocenters. The van der Waals surface area contributed by atoms with Gasteiger partial charge in [-0.25, -0.2) is 14.2 Å². The van der Waals surface area contributed by atoms with Crippen LogP contribution in [-0.2, 0) is 0 Å². The minimum absolute atomic E-state index is 0.0691. The predicted molar refractivity (Wildman–Crippen MR) is 98.3 cm³/mol. The Kier molecular flexibility index (Phi) is 4.04. The molecule has 8 nitrogen and oxygen atoms in total. The van der Waals surface area contributed by atoms with Gasteiger partial charge in [0, 0.05) is 23.3 Å². The maximum atomic E-state index is 14.1. The lowest BCUT2D eigenvalue weighted by Gasteiger charge is -2.06. The number of fused-ring (bicyclic) bond motifs is 1. The molecule has 2 aromatic carbocycles. The molecule has 0 aliphatic rings. The molecular formula is C19H11FN4O4. The van der Waals surface area contributed by atoms with E-state index in [2.05, 4.69) is 15.2 Å². The van der Waals surface area contributed by atoms with E-state index >= 15 is 0 Å². The van der Waals surface area contributed by atoms with Crippen LogP contribution in [0.4, 0.5) is 10.1 Å². The number of hydrogen-bond donors (Lipinski definition) is 2. The maximum absolute atomic E-state index is 14.1. The average molecular weight is 378 g/mol. The van der Waals surface area contributed by atoms with Crippen molar-refractivity contribution >= 4 is 22.7 Å². The summed E-state index contributed by atoms with van der Waals surface area (Å²) < 4.78 is 14.1. The van der Waals surface area contributed by atoms with Gasteiger partial charge in [-0.2, -0.15) is 5.10 Å². The molecule has 2 heterocycles. The molecule has 0 saturated heterocycles. The highest BCUT2D eigenvalue weighted by Gasteiger charge is 2.21. The van der Waals surface area contributed by atoms with Crippen molar-refractivity contribution in [3.8, 4) is 22.5 Å². The van der Waals surface area contributed by atoms with Crippen molar-refractivity contribution in [2.45, 2.75) is 0 Å². The topological polar surface area (TPSA) is 122 Å². The van der Waals surface area contributed by atoms with Crippen LogP contribution in [0.25, 0.3) is 33.5 Å². The van der Waals surface area contributed by atoms with Crippen molar-refractivity contribution in [2.75, 3.05) is 0 Å². The molecule has 0 radical (unpaired) electrons. The number of H-pyrrole nitrogens is 1. The quantitative estimate of drug-likeness (QED) is 0.408. The van der Waals surface area contributed by atoms with Gasteiger partial charge in [0.15, 0.2) is 5.65 Å². The minimum atomic E-state index is -1.25. The van der Waals surface area contributed by atoms with Crippen LogP contribution in [0.15, 0.2) is 54.6 Å². The molecule has 2 N–H and O–H groups in total. The van der Waals surface area contributed by atoms with E-state index in [1.54, 1.807) is 12.1 Å². The summed E-state index contributed by atoms with van der Waals surface area (Å²) in [4.78, 5) is 26.6. The summed E-state index contributed by atoms with van der Waals surface area (Å²) in [6.45, 7) is 0. The van der Waals surface area contributed by atoms with Crippen LogP contribution in [0, 0.1) is 15.9 Å². The number of carboxylic acid groups (broad SMARTS) is 1. The first-order valence-electron chi connectivity index (χ1n) is 8.08. The number of nitro benzene ring substituents is 1. The SMILES string of the molecule is O=C(O)c1cc(-c2ccccc2F)nc2n[nH]c(-c3cccc([N+](=O)[O-])c3)c12. The second kappa shape index (κ2) is 6.54. The molecule has 4 rings (SSSR count). The van der Waals surface area contributed by atoms with Crippen LogP contribution in [0.3, 0.4) is 0 Å². The van der Waals surface area contributed by atoms with Crippen LogP contribution in [0.1, 0.15) is 10.4 Å². The van der Waals surface area contributed by atoms with Crippen LogP contribution >= 0.6 is 0 Å². The van der Waals surface area contributed by atoms with Crippen LogP contribution in [0.5, 0.6) is 0 Å². The molecule has 0 aliphatic heterocycles. The molecule has 9 heteroatoms. The summed E-state index contributed by atoms with van der Waals surface area (Å²) >= 11 is 0. The van der Waals surface area contributed by atoms with Crippen molar-refractivity contribution < 1.29 is 19.2 Å². The number of halogens is 1. The molecule has 28 heavy (non-hydrogen) atoms. The predicted octanol–water partition coefficient (Wildman–Crippen LogP) is 4.04. The van der Waals surface area contributed by atoms with Crippen molar-refractivity contribution in [1.82, 2.24) is 15.2 Å². The molecule has 0 amide bonds. The zero-order chi connectivity index (χ0) is 19.8. The molecular weight excluding hydrogens is 367 g/mol. The number of hydrogen-bond acceptors (Lipinski definition) is 5. The fourth-order valence-corrected chi connectivity index (χ4v) is 2.98. The highest BCUT2D eigenvalue weighted by molar-refractivity contribution is 6.08. The first kappa shape index (κ1) is 17.3. The summed E-state index contributed by atoms with van der Waals surface area (Å²) in [6, 6.07) is 12.9. The lowest BCUT2D eigenvalue weighted by Crippen LogP contribution is -2.01.